The number of aryl methyl sites for hydroxylation is 2. The fourth-order valence-electron chi connectivity index (χ4n) is 4.05. The maximum atomic E-state index is 13.9. The maximum absolute atomic E-state index is 13.9. The molecule has 0 radical (unpaired) electrons. The van der Waals surface area contributed by atoms with Crippen LogP contribution in [0.4, 0.5) is 18.9 Å². The molecule has 2 aromatic rings. The molecular weight excluding hydrogens is 429 g/mol. The third-order valence-corrected chi connectivity index (χ3v) is 6.40. The van der Waals surface area contributed by atoms with Crippen LogP contribution in [0.25, 0.3) is 0 Å². The summed E-state index contributed by atoms with van der Waals surface area (Å²) in [5.41, 5.74) is 3.71. The first-order chi connectivity index (χ1) is 14.5. The molecule has 8 heteroatoms. The van der Waals surface area contributed by atoms with E-state index in [2.05, 4.69) is 5.32 Å². The van der Waals surface area contributed by atoms with Crippen LogP contribution < -0.4 is 5.32 Å². The molecule has 3 rings (SSSR count). The molecule has 0 aromatic heterocycles. The van der Waals surface area contributed by atoms with Crippen molar-refractivity contribution in [2.24, 2.45) is 5.92 Å². The molecule has 0 spiro atoms. The van der Waals surface area contributed by atoms with Gasteiger partial charge < -0.3 is 10.4 Å². The first-order valence-corrected chi connectivity index (χ1v) is 10.5. The van der Waals surface area contributed by atoms with Gasteiger partial charge in [0.2, 0.25) is 0 Å². The van der Waals surface area contributed by atoms with E-state index >= 15 is 0 Å². The molecule has 4 nitrogen and oxygen atoms in total. The highest BCUT2D eigenvalue weighted by Gasteiger charge is 2.41. The largest absolute Gasteiger partial charge is 0.481 e. The summed E-state index contributed by atoms with van der Waals surface area (Å²) in [4.78, 5) is 13.3. The highest BCUT2D eigenvalue weighted by Crippen LogP contribution is 2.38. The Labute approximate surface area is 185 Å². The molecule has 0 saturated carbocycles. The Kier molecular flexibility index (Phi) is 6.86. The number of rotatable bonds is 6. The topological polar surface area (TPSA) is 52.6 Å². The van der Waals surface area contributed by atoms with Crippen LogP contribution in [0.2, 0.25) is 5.02 Å². The molecule has 1 fully saturated rings. The Hall–Kier alpha value is -2.25. The molecule has 31 heavy (non-hydrogen) atoms. The molecule has 2 atom stereocenters. The summed E-state index contributed by atoms with van der Waals surface area (Å²) in [6.07, 6.45) is -3.92. The Morgan fingerprint density at radius 3 is 2.52 bits per heavy atom. The lowest BCUT2D eigenvalue weighted by molar-refractivity contribution is -0.144. The highest BCUT2D eigenvalue weighted by molar-refractivity contribution is 6.31. The minimum Gasteiger partial charge on any atom is -0.481 e. The molecule has 0 bridgehead atoms. The minimum absolute atomic E-state index is 0.0970. The van der Waals surface area contributed by atoms with Crippen molar-refractivity contribution < 1.29 is 23.1 Å². The van der Waals surface area contributed by atoms with E-state index in [1.165, 1.54) is 18.2 Å². The first kappa shape index (κ1) is 23.4. The van der Waals surface area contributed by atoms with Crippen molar-refractivity contribution in [3.05, 3.63) is 63.2 Å². The number of benzene rings is 2. The number of carboxylic acids is 1. The van der Waals surface area contributed by atoms with Crippen LogP contribution in [0, 0.1) is 26.7 Å². The number of likely N-dealkylation sites (tertiary alicyclic amines) is 1. The number of carbonyl (C=O) groups is 1. The zero-order valence-electron chi connectivity index (χ0n) is 17.7. The van der Waals surface area contributed by atoms with Gasteiger partial charge in [-0.15, -0.1) is 0 Å². The monoisotopic (exact) mass is 454 g/mol. The highest BCUT2D eigenvalue weighted by atomic mass is 35.5. The first-order valence-electron chi connectivity index (χ1n) is 10.1. The van der Waals surface area contributed by atoms with E-state index in [0.717, 1.165) is 16.7 Å². The van der Waals surface area contributed by atoms with Gasteiger partial charge in [-0.05, 0) is 73.7 Å². The van der Waals surface area contributed by atoms with Crippen molar-refractivity contribution in [1.82, 2.24) is 4.90 Å². The quantitative estimate of drug-likeness (QED) is 0.571. The van der Waals surface area contributed by atoms with Crippen molar-refractivity contribution in [2.75, 3.05) is 18.4 Å². The number of anilines is 1. The third kappa shape index (κ3) is 5.33. The van der Waals surface area contributed by atoms with Crippen molar-refractivity contribution >= 4 is 23.3 Å². The minimum atomic E-state index is -4.50. The van der Waals surface area contributed by atoms with E-state index in [-0.39, 0.29) is 5.56 Å². The van der Waals surface area contributed by atoms with Crippen LogP contribution in [0.3, 0.4) is 0 Å². The maximum Gasteiger partial charge on any atom is 0.412 e. The number of carboxylic acid groups (broad SMARTS) is 1. The SMILES string of the molecule is Cc1cc([C@H](Nc2ccc(C)c(CN3CC[C@@H](C(=O)O)C3)c2C)C(F)(F)F)ccc1Cl. The number of hydrogen-bond donors (Lipinski definition) is 2. The fourth-order valence-corrected chi connectivity index (χ4v) is 4.17. The van der Waals surface area contributed by atoms with Crippen LogP contribution in [0.5, 0.6) is 0 Å². The van der Waals surface area contributed by atoms with Gasteiger partial charge in [0, 0.05) is 23.8 Å². The van der Waals surface area contributed by atoms with Gasteiger partial charge in [0.1, 0.15) is 6.04 Å². The summed E-state index contributed by atoms with van der Waals surface area (Å²) in [7, 11) is 0. The second-order valence-electron chi connectivity index (χ2n) is 8.22. The van der Waals surface area contributed by atoms with Crippen molar-refractivity contribution in [3.63, 3.8) is 0 Å². The molecule has 1 saturated heterocycles. The standard InChI is InChI=1S/C23H26ClF3N2O2/c1-13-4-7-20(15(3)18(13)12-29-9-8-17(11-29)22(30)31)28-21(23(25,26)27)16-5-6-19(24)14(2)10-16/h4-7,10,17,21,28H,8-9,11-12H2,1-3H3,(H,30,31)/t17-,21+/m1/s1. The van der Waals surface area contributed by atoms with Gasteiger partial charge in [-0.1, -0.05) is 29.8 Å². The van der Waals surface area contributed by atoms with Gasteiger partial charge in [-0.25, -0.2) is 0 Å². The Morgan fingerprint density at radius 1 is 1.23 bits per heavy atom. The van der Waals surface area contributed by atoms with Crippen LogP contribution in [-0.4, -0.2) is 35.2 Å². The fraction of sp³-hybridized carbons (Fsp3) is 0.435. The van der Waals surface area contributed by atoms with E-state index in [1.54, 1.807) is 26.0 Å². The van der Waals surface area contributed by atoms with Crippen LogP contribution in [-0.2, 0) is 11.3 Å². The molecule has 1 aliphatic rings. The molecule has 0 unspecified atom stereocenters. The number of halogens is 4. The molecule has 2 N–H and O–H groups in total. The number of hydrogen-bond acceptors (Lipinski definition) is 3. The predicted molar refractivity (Wildman–Crippen MR) is 116 cm³/mol. The molecule has 0 amide bonds. The van der Waals surface area contributed by atoms with E-state index in [4.69, 9.17) is 11.6 Å². The summed E-state index contributed by atoms with van der Waals surface area (Å²) in [5.74, 6) is -1.21. The van der Waals surface area contributed by atoms with E-state index in [1.807, 2.05) is 11.8 Å². The lowest BCUT2D eigenvalue weighted by atomic mass is 9.98. The molecule has 0 aliphatic carbocycles. The number of aliphatic carboxylic acids is 1. The average molecular weight is 455 g/mol. The van der Waals surface area contributed by atoms with Gasteiger partial charge >= 0.3 is 12.1 Å². The summed E-state index contributed by atoms with van der Waals surface area (Å²) in [6, 6.07) is 5.91. The van der Waals surface area contributed by atoms with Crippen LogP contribution in [0.15, 0.2) is 30.3 Å². The molecule has 2 aromatic carbocycles. The van der Waals surface area contributed by atoms with E-state index in [9.17, 15) is 23.1 Å². The van der Waals surface area contributed by atoms with E-state index in [0.29, 0.717) is 42.3 Å². The van der Waals surface area contributed by atoms with Gasteiger partial charge in [-0.3, -0.25) is 9.69 Å². The van der Waals surface area contributed by atoms with E-state index < -0.39 is 24.1 Å². The number of nitrogens with one attached hydrogen (secondary N) is 1. The summed E-state index contributed by atoms with van der Waals surface area (Å²) < 4.78 is 41.8. The summed E-state index contributed by atoms with van der Waals surface area (Å²) >= 11 is 5.99. The molecular formula is C23H26ClF3N2O2. The summed E-state index contributed by atoms with van der Waals surface area (Å²) in [6.45, 7) is 7.00. The molecule has 168 valence electrons. The zero-order valence-corrected chi connectivity index (χ0v) is 18.4. The zero-order chi connectivity index (χ0) is 22.9. The lowest BCUT2D eigenvalue weighted by Crippen LogP contribution is -2.28. The number of alkyl halides is 3. The van der Waals surface area contributed by atoms with Gasteiger partial charge in [0.25, 0.3) is 0 Å². The van der Waals surface area contributed by atoms with Gasteiger partial charge in [0.05, 0.1) is 5.92 Å². The Bertz CT molecular complexity index is 978. The predicted octanol–water partition coefficient (Wildman–Crippen LogP) is 5.89. The van der Waals surface area contributed by atoms with Crippen molar-refractivity contribution in [2.45, 2.75) is 46.0 Å². The summed E-state index contributed by atoms with van der Waals surface area (Å²) in [5, 5.41) is 12.3. The smallest absolute Gasteiger partial charge is 0.412 e. The molecule has 1 aliphatic heterocycles. The molecule has 1 heterocycles. The lowest BCUT2D eigenvalue weighted by Gasteiger charge is -2.26. The second kappa shape index (κ2) is 9.09. The van der Waals surface area contributed by atoms with Crippen LogP contribution >= 0.6 is 11.6 Å². The van der Waals surface area contributed by atoms with Crippen molar-refractivity contribution in [3.8, 4) is 0 Å². The second-order valence-corrected chi connectivity index (χ2v) is 8.63. The van der Waals surface area contributed by atoms with Crippen LogP contribution in [0.1, 0.15) is 40.3 Å². The van der Waals surface area contributed by atoms with Gasteiger partial charge in [0.15, 0.2) is 0 Å². The number of nitrogens with zero attached hydrogens (tertiary/aromatic N) is 1. The van der Waals surface area contributed by atoms with Gasteiger partial charge in [-0.2, -0.15) is 13.2 Å². The average Bonchev–Trinajstić information content (AvgIpc) is 3.15. The normalized spacial score (nSPS) is 18.2. The Balaban J connectivity index is 1.88. The Morgan fingerprint density at radius 2 is 1.94 bits per heavy atom. The van der Waals surface area contributed by atoms with Crippen molar-refractivity contribution in [1.29, 1.82) is 0 Å². The third-order valence-electron chi connectivity index (χ3n) is 5.98.